The van der Waals surface area contributed by atoms with E-state index in [1.165, 1.54) is 19.2 Å². The van der Waals surface area contributed by atoms with Crippen LogP contribution in [0.3, 0.4) is 0 Å². The maximum absolute atomic E-state index is 12.2. The fourth-order valence-corrected chi connectivity index (χ4v) is 2.98. The number of phenolic OH excluding ortho intramolecular Hbond substituents is 1. The van der Waals surface area contributed by atoms with Crippen LogP contribution in [-0.2, 0) is 0 Å². The van der Waals surface area contributed by atoms with Crippen molar-refractivity contribution in [2.24, 2.45) is 0 Å². The smallest absolute Gasteiger partial charge is 0.259 e. The van der Waals surface area contributed by atoms with Crippen LogP contribution < -0.4 is 10.1 Å². The monoisotopic (exact) mass is 389 g/mol. The number of amides is 1. The summed E-state index contributed by atoms with van der Waals surface area (Å²) in [4.78, 5) is 12.2. The molecule has 0 saturated heterocycles. The molecule has 21 heavy (non-hydrogen) atoms. The SMILES string of the molecule is COc1ccc(C(=O)Nc2c(Cl)cc(Br)cc2Cl)c(O)c1. The van der Waals surface area contributed by atoms with Gasteiger partial charge in [0, 0.05) is 10.5 Å². The number of benzene rings is 2. The van der Waals surface area contributed by atoms with Crippen LogP contribution in [-0.4, -0.2) is 18.1 Å². The van der Waals surface area contributed by atoms with E-state index in [0.29, 0.717) is 10.2 Å². The van der Waals surface area contributed by atoms with Crippen LogP contribution in [0.1, 0.15) is 10.4 Å². The molecule has 0 heterocycles. The Balaban J connectivity index is 2.30. The number of carbonyl (C=O) groups excluding carboxylic acids is 1. The second-order valence-electron chi connectivity index (χ2n) is 4.08. The molecule has 0 bridgehead atoms. The predicted octanol–water partition coefficient (Wildman–Crippen LogP) is 4.72. The maximum Gasteiger partial charge on any atom is 0.259 e. The van der Waals surface area contributed by atoms with E-state index in [9.17, 15) is 9.90 Å². The van der Waals surface area contributed by atoms with Gasteiger partial charge in [-0.05, 0) is 24.3 Å². The third kappa shape index (κ3) is 3.61. The minimum atomic E-state index is -0.527. The van der Waals surface area contributed by atoms with E-state index in [0.717, 1.165) is 0 Å². The fraction of sp³-hybridized carbons (Fsp3) is 0.0714. The average molecular weight is 391 g/mol. The van der Waals surface area contributed by atoms with E-state index in [1.807, 2.05) is 0 Å². The van der Waals surface area contributed by atoms with Gasteiger partial charge in [-0.3, -0.25) is 4.79 Å². The van der Waals surface area contributed by atoms with Gasteiger partial charge < -0.3 is 15.2 Å². The zero-order valence-corrected chi connectivity index (χ0v) is 13.9. The van der Waals surface area contributed by atoms with Gasteiger partial charge in [0.25, 0.3) is 5.91 Å². The van der Waals surface area contributed by atoms with Crippen molar-refractivity contribution in [2.75, 3.05) is 12.4 Å². The van der Waals surface area contributed by atoms with Crippen LogP contribution in [0.5, 0.6) is 11.5 Å². The van der Waals surface area contributed by atoms with Gasteiger partial charge in [0.2, 0.25) is 0 Å². The van der Waals surface area contributed by atoms with E-state index in [4.69, 9.17) is 27.9 Å². The molecule has 0 aliphatic rings. The highest BCUT2D eigenvalue weighted by Gasteiger charge is 2.16. The summed E-state index contributed by atoms with van der Waals surface area (Å²) in [6.07, 6.45) is 0. The van der Waals surface area contributed by atoms with Crippen molar-refractivity contribution in [2.45, 2.75) is 0 Å². The number of ether oxygens (including phenoxy) is 1. The predicted molar refractivity (Wildman–Crippen MR) is 86.8 cm³/mol. The second kappa shape index (κ2) is 6.56. The Bertz CT molecular complexity index is 684. The van der Waals surface area contributed by atoms with Crippen molar-refractivity contribution in [1.29, 1.82) is 0 Å². The van der Waals surface area contributed by atoms with Crippen LogP contribution >= 0.6 is 39.1 Å². The van der Waals surface area contributed by atoms with Gasteiger partial charge in [-0.25, -0.2) is 0 Å². The molecule has 0 unspecified atom stereocenters. The summed E-state index contributed by atoms with van der Waals surface area (Å²) in [5.41, 5.74) is 0.368. The Kier molecular flexibility index (Phi) is 4.98. The minimum absolute atomic E-state index is 0.0888. The molecular formula is C14H10BrCl2NO3. The number of phenols is 1. The number of aromatic hydroxyl groups is 1. The van der Waals surface area contributed by atoms with E-state index < -0.39 is 5.91 Å². The van der Waals surface area contributed by atoms with Crippen molar-refractivity contribution < 1.29 is 14.6 Å². The van der Waals surface area contributed by atoms with Gasteiger partial charge in [-0.1, -0.05) is 39.1 Å². The molecule has 0 saturated carbocycles. The zero-order chi connectivity index (χ0) is 15.6. The summed E-state index contributed by atoms with van der Waals surface area (Å²) >= 11 is 15.3. The number of hydrogen-bond acceptors (Lipinski definition) is 3. The van der Waals surface area contributed by atoms with Crippen molar-refractivity contribution in [3.63, 3.8) is 0 Å². The summed E-state index contributed by atoms with van der Waals surface area (Å²) < 4.78 is 5.66. The number of methoxy groups -OCH3 is 1. The van der Waals surface area contributed by atoms with Gasteiger partial charge in [0.1, 0.15) is 11.5 Å². The number of hydrogen-bond donors (Lipinski definition) is 2. The fourth-order valence-electron chi connectivity index (χ4n) is 1.67. The molecule has 0 atom stereocenters. The topological polar surface area (TPSA) is 58.6 Å². The Morgan fingerprint density at radius 1 is 1.24 bits per heavy atom. The van der Waals surface area contributed by atoms with Crippen molar-refractivity contribution in [1.82, 2.24) is 0 Å². The van der Waals surface area contributed by atoms with Crippen LogP contribution in [0.2, 0.25) is 10.0 Å². The number of nitrogens with one attached hydrogen (secondary N) is 1. The van der Waals surface area contributed by atoms with Gasteiger partial charge in [0.05, 0.1) is 28.4 Å². The Labute approximate surface area is 139 Å². The first-order chi connectivity index (χ1) is 9.92. The van der Waals surface area contributed by atoms with E-state index in [1.54, 1.807) is 18.2 Å². The van der Waals surface area contributed by atoms with Crippen molar-refractivity contribution in [3.05, 3.63) is 50.4 Å². The molecule has 0 spiro atoms. The summed E-state index contributed by atoms with van der Waals surface area (Å²) in [7, 11) is 1.47. The molecule has 0 aliphatic heterocycles. The molecule has 7 heteroatoms. The van der Waals surface area contributed by atoms with Crippen LogP contribution in [0.4, 0.5) is 5.69 Å². The average Bonchev–Trinajstić information content (AvgIpc) is 2.42. The Morgan fingerprint density at radius 3 is 2.38 bits per heavy atom. The van der Waals surface area contributed by atoms with Gasteiger partial charge in [-0.15, -0.1) is 0 Å². The van der Waals surface area contributed by atoms with Crippen molar-refractivity contribution >= 4 is 50.7 Å². The standard InChI is InChI=1S/C14H10BrCl2NO3/c1-21-8-2-3-9(12(19)6-8)14(20)18-13-10(16)4-7(15)5-11(13)17/h2-6,19H,1H3,(H,18,20). The highest BCUT2D eigenvalue weighted by molar-refractivity contribution is 9.10. The molecule has 0 aliphatic carbocycles. The lowest BCUT2D eigenvalue weighted by Gasteiger charge is -2.11. The Morgan fingerprint density at radius 2 is 1.86 bits per heavy atom. The van der Waals surface area contributed by atoms with Gasteiger partial charge in [0.15, 0.2) is 0 Å². The van der Waals surface area contributed by atoms with Crippen molar-refractivity contribution in [3.8, 4) is 11.5 Å². The molecule has 4 nitrogen and oxygen atoms in total. The largest absolute Gasteiger partial charge is 0.507 e. The van der Waals surface area contributed by atoms with E-state index in [-0.39, 0.29) is 27.0 Å². The first-order valence-electron chi connectivity index (χ1n) is 5.75. The molecule has 2 rings (SSSR count). The molecular weight excluding hydrogens is 381 g/mol. The summed E-state index contributed by atoms with van der Waals surface area (Å²) in [5, 5.41) is 13.0. The minimum Gasteiger partial charge on any atom is -0.507 e. The third-order valence-corrected chi connectivity index (χ3v) is 3.75. The second-order valence-corrected chi connectivity index (χ2v) is 5.81. The molecule has 0 aromatic heterocycles. The zero-order valence-electron chi connectivity index (χ0n) is 10.8. The lowest BCUT2D eigenvalue weighted by molar-refractivity contribution is 0.102. The van der Waals surface area contributed by atoms with Crippen LogP contribution in [0, 0.1) is 0 Å². The molecule has 0 radical (unpaired) electrons. The molecule has 110 valence electrons. The first-order valence-corrected chi connectivity index (χ1v) is 7.30. The van der Waals surface area contributed by atoms with E-state index >= 15 is 0 Å². The molecule has 2 N–H and O–H groups in total. The molecule has 2 aromatic carbocycles. The van der Waals surface area contributed by atoms with Gasteiger partial charge in [-0.2, -0.15) is 0 Å². The molecule has 1 amide bonds. The highest BCUT2D eigenvalue weighted by Crippen LogP contribution is 2.34. The number of rotatable bonds is 3. The van der Waals surface area contributed by atoms with Crippen LogP contribution in [0.15, 0.2) is 34.8 Å². The number of halogens is 3. The summed E-state index contributed by atoms with van der Waals surface area (Å²) in [6, 6.07) is 7.58. The van der Waals surface area contributed by atoms with Gasteiger partial charge >= 0.3 is 0 Å². The lowest BCUT2D eigenvalue weighted by Crippen LogP contribution is -2.13. The normalized spacial score (nSPS) is 10.3. The van der Waals surface area contributed by atoms with Crippen LogP contribution in [0.25, 0.3) is 0 Å². The summed E-state index contributed by atoms with van der Waals surface area (Å²) in [6.45, 7) is 0. The first kappa shape index (κ1) is 15.9. The number of anilines is 1. The molecule has 0 fully saturated rings. The Hall–Kier alpha value is -1.43. The molecule has 2 aromatic rings. The third-order valence-electron chi connectivity index (χ3n) is 2.69. The summed E-state index contributed by atoms with van der Waals surface area (Å²) in [5.74, 6) is -0.277. The quantitative estimate of drug-likeness (QED) is 0.796. The van der Waals surface area contributed by atoms with E-state index in [2.05, 4.69) is 21.2 Å². The highest BCUT2D eigenvalue weighted by atomic mass is 79.9. The lowest BCUT2D eigenvalue weighted by atomic mass is 10.1. The maximum atomic E-state index is 12.2. The number of carbonyl (C=O) groups is 1.